The number of non-ortho nitro benzene ring substituents is 1. The van der Waals surface area contributed by atoms with Crippen LogP contribution in [0.5, 0.6) is 0 Å². The summed E-state index contributed by atoms with van der Waals surface area (Å²) in [4.78, 5) is 34.3. The molecule has 2 rings (SSSR count). The summed E-state index contributed by atoms with van der Waals surface area (Å²) in [5.74, 6) is -1.64. The van der Waals surface area contributed by atoms with E-state index in [1.807, 2.05) is 0 Å². The molecule has 10 nitrogen and oxygen atoms in total. The summed E-state index contributed by atoms with van der Waals surface area (Å²) in [6.45, 7) is 1.00. The van der Waals surface area contributed by atoms with Crippen LogP contribution in [0, 0.1) is 17.0 Å². The first kappa shape index (κ1) is 23.3. The topological polar surface area (TPSA) is 136 Å². The van der Waals surface area contributed by atoms with Crippen molar-refractivity contribution >= 4 is 44.9 Å². The Morgan fingerprint density at radius 3 is 2.43 bits per heavy atom. The summed E-state index contributed by atoms with van der Waals surface area (Å²) < 4.78 is 30.4. The Hall–Kier alpha value is -3.02. The van der Waals surface area contributed by atoms with Crippen LogP contribution >= 0.6 is 11.6 Å². The van der Waals surface area contributed by atoms with E-state index in [0.29, 0.717) is 5.56 Å². The van der Waals surface area contributed by atoms with Crippen LogP contribution in [0.4, 0.5) is 11.4 Å². The van der Waals surface area contributed by atoms with Crippen LogP contribution in [0.2, 0.25) is 5.02 Å². The van der Waals surface area contributed by atoms with Crippen molar-refractivity contribution < 1.29 is 27.7 Å². The van der Waals surface area contributed by atoms with Crippen molar-refractivity contribution in [3.63, 3.8) is 0 Å². The van der Waals surface area contributed by atoms with Crippen molar-refractivity contribution in [2.75, 3.05) is 26.0 Å². The summed E-state index contributed by atoms with van der Waals surface area (Å²) in [6.07, 6.45) is 0. The number of aryl methyl sites for hydroxylation is 1. The standard InChI is InChI=1S/C18H18ClN3O7S/c1-11-4-6-13(30(27,28)21(2)3)9-16(11)20-17(23)10-29-18(24)14-7-5-12(22(25)26)8-15(14)19/h4-9H,10H2,1-3H3,(H,20,23). The van der Waals surface area contributed by atoms with Crippen LogP contribution in [0.25, 0.3) is 0 Å². The zero-order valence-electron chi connectivity index (χ0n) is 16.2. The highest BCUT2D eigenvalue weighted by molar-refractivity contribution is 7.89. The highest BCUT2D eigenvalue weighted by Gasteiger charge is 2.20. The van der Waals surface area contributed by atoms with Crippen LogP contribution in [-0.2, 0) is 19.6 Å². The van der Waals surface area contributed by atoms with Gasteiger partial charge in [-0.05, 0) is 30.7 Å². The fourth-order valence-electron chi connectivity index (χ4n) is 2.29. The van der Waals surface area contributed by atoms with Gasteiger partial charge in [0.15, 0.2) is 6.61 Å². The van der Waals surface area contributed by atoms with Gasteiger partial charge in [-0.2, -0.15) is 0 Å². The number of nitrogens with zero attached hydrogens (tertiary/aromatic N) is 2. The summed E-state index contributed by atoms with van der Waals surface area (Å²) >= 11 is 5.85. The Kier molecular flexibility index (Phi) is 7.13. The van der Waals surface area contributed by atoms with Gasteiger partial charge >= 0.3 is 5.97 Å². The third-order valence-corrected chi connectivity index (χ3v) is 6.10. The molecule has 0 bridgehead atoms. The summed E-state index contributed by atoms with van der Waals surface area (Å²) in [7, 11) is -0.924. The monoisotopic (exact) mass is 455 g/mol. The fraction of sp³-hybridized carbons (Fsp3) is 0.222. The average Bonchev–Trinajstić information content (AvgIpc) is 2.67. The fourth-order valence-corrected chi connectivity index (χ4v) is 3.47. The number of anilines is 1. The van der Waals surface area contributed by atoms with Crippen molar-refractivity contribution in [3.8, 4) is 0 Å². The van der Waals surface area contributed by atoms with Gasteiger partial charge in [-0.25, -0.2) is 17.5 Å². The predicted octanol–water partition coefficient (Wildman–Crippen LogP) is 2.60. The van der Waals surface area contributed by atoms with Gasteiger partial charge < -0.3 is 10.1 Å². The SMILES string of the molecule is Cc1ccc(S(=O)(=O)N(C)C)cc1NC(=O)COC(=O)c1ccc([N+](=O)[O-])cc1Cl. The van der Waals surface area contributed by atoms with E-state index in [4.69, 9.17) is 16.3 Å². The highest BCUT2D eigenvalue weighted by Crippen LogP contribution is 2.24. The Morgan fingerprint density at radius 1 is 1.20 bits per heavy atom. The van der Waals surface area contributed by atoms with E-state index in [-0.39, 0.29) is 26.9 Å². The molecule has 0 atom stereocenters. The number of halogens is 1. The van der Waals surface area contributed by atoms with E-state index < -0.39 is 33.4 Å². The normalized spacial score (nSPS) is 11.2. The van der Waals surface area contributed by atoms with Crippen LogP contribution in [-0.4, -0.2) is 50.2 Å². The first-order valence-corrected chi connectivity index (χ1v) is 10.2. The molecule has 0 saturated carbocycles. The molecule has 1 N–H and O–H groups in total. The molecular formula is C18H18ClN3O7S. The zero-order valence-corrected chi connectivity index (χ0v) is 17.8. The van der Waals surface area contributed by atoms with Crippen LogP contribution in [0.1, 0.15) is 15.9 Å². The number of carbonyl (C=O) groups is 2. The zero-order chi connectivity index (χ0) is 22.6. The predicted molar refractivity (Wildman–Crippen MR) is 109 cm³/mol. The number of esters is 1. The van der Waals surface area contributed by atoms with Gasteiger partial charge in [-0.3, -0.25) is 14.9 Å². The highest BCUT2D eigenvalue weighted by atomic mass is 35.5. The van der Waals surface area contributed by atoms with E-state index in [0.717, 1.165) is 22.5 Å². The number of benzene rings is 2. The Balaban J connectivity index is 2.08. The minimum absolute atomic E-state index is 0.0111. The van der Waals surface area contributed by atoms with E-state index in [1.165, 1.54) is 32.3 Å². The number of nitro groups is 1. The van der Waals surface area contributed by atoms with Crippen molar-refractivity contribution in [2.24, 2.45) is 0 Å². The number of amides is 1. The quantitative estimate of drug-likeness (QED) is 0.385. The number of ether oxygens (including phenoxy) is 1. The molecule has 0 heterocycles. The van der Waals surface area contributed by atoms with Gasteiger partial charge in [-0.15, -0.1) is 0 Å². The summed E-state index contributed by atoms with van der Waals surface area (Å²) in [5, 5.41) is 13.0. The second-order valence-corrected chi connectivity index (χ2v) is 8.87. The molecule has 12 heteroatoms. The second-order valence-electron chi connectivity index (χ2n) is 6.31. The maximum absolute atomic E-state index is 12.2. The molecule has 0 unspecified atom stereocenters. The molecule has 2 aromatic carbocycles. The van der Waals surface area contributed by atoms with E-state index >= 15 is 0 Å². The lowest BCUT2D eigenvalue weighted by Gasteiger charge is -2.14. The van der Waals surface area contributed by atoms with E-state index in [2.05, 4.69) is 5.32 Å². The molecule has 0 radical (unpaired) electrons. The molecule has 0 saturated heterocycles. The van der Waals surface area contributed by atoms with Crippen LogP contribution in [0.15, 0.2) is 41.3 Å². The maximum atomic E-state index is 12.2. The molecule has 0 aliphatic rings. The van der Waals surface area contributed by atoms with Gasteiger partial charge in [0.05, 0.1) is 20.4 Å². The van der Waals surface area contributed by atoms with Gasteiger partial charge in [0, 0.05) is 31.9 Å². The summed E-state index contributed by atoms with van der Waals surface area (Å²) in [6, 6.07) is 7.46. The molecule has 0 aliphatic carbocycles. The molecule has 30 heavy (non-hydrogen) atoms. The van der Waals surface area contributed by atoms with E-state index in [1.54, 1.807) is 6.92 Å². The average molecular weight is 456 g/mol. The van der Waals surface area contributed by atoms with Gasteiger partial charge in [0.2, 0.25) is 10.0 Å². The van der Waals surface area contributed by atoms with E-state index in [9.17, 15) is 28.1 Å². The van der Waals surface area contributed by atoms with Crippen molar-refractivity contribution in [1.82, 2.24) is 4.31 Å². The van der Waals surface area contributed by atoms with Crippen molar-refractivity contribution in [2.45, 2.75) is 11.8 Å². The van der Waals surface area contributed by atoms with Gasteiger partial charge in [0.25, 0.3) is 11.6 Å². The first-order valence-electron chi connectivity index (χ1n) is 8.37. The van der Waals surface area contributed by atoms with Gasteiger partial charge in [0.1, 0.15) is 0 Å². The Bertz CT molecular complexity index is 1120. The number of nitrogens with one attached hydrogen (secondary N) is 1. The molecule has 0 spiro atoms. The lowest BCUT2D eigenvalue weighted by atomic mass is 10.2. The third-order valence-electron chi connectivity index (χ3n) is 3.98. The number of hydrogen-bond donors (Lipinski definition) is 1. The number of carbonyl (C=O) groups excluding carboxylic acids is 2. The lowest BCUT2D eigenvalue weighted by molar-refractivity contribution is -0.384. The summed E-state index contributed by atoms with van der Waals surface area (Å²) in [5.41, 5.74) is 0.417. The molecule has 0 fully saturated rings. The number of hydrogen-bond acceptors (Lipinski definition) is 7. The number of sulfonamides is 1. The largest absolute Gasteiger partial charge is 0.452 e. The van der Waals surface area contributed by atoms with Crippen molar-refractivity contribution in [1.29, 1.82) is 0 Å². The molecule has 160 valence electrons. The second kappa shape index (κ2) is 9.20. The molecule has 2 aromatic rings. The van der Waals surface area contributed by atoms with Gasteiger partial charge in [-0.1, -0.05) is 17.7 Å². The third kappa shape index (κ3) is 5.32. The van der Waals surface area contributed by atoms with Crippen LogP contribution in [0.3, 0.4) is 0 Å². The minimum atomic E-state index is -3.69. The van der Waals surface area contributed by atoms with Crippen molar-refractivity contribution in [3.05, 3.63) is 62.7 Å². The minimum Gasteiger partial charge on any atom is -0.452 e. The first-order chi connectivity index (χ1) is 13.9. The molecule has 0 aromatic heterocycles. The molecular weight excluding hydrogens is 438 g/mol. The maximum Gasteiger partial charge on any atom is 0.340 e. The smallest absolute Gasteiger partial charge is 0.340 e. The van der Waals surface area contributed by atoms with Crippen LogP contribution < -0.4 is 5.32 Å². The molecule has 0 aliphatic heterocycles. The Labute approximate surface area is 177 Å². The number of nitro benzene ring substituents is 1. The molecule has 1 amide bonds. The number of rotatable bonds is 7. The Morgan fingerprint density at radius 2 is 1.87 bits per heavy atom. The lowest BCUT2D eigenvalue weighted by Crippen LogP contribution is -2.23.